The van der Waals surface area contributed by atoms with E-state index >= 15 is 0 Å². The molecule has 1 saturated heterocycles. The van der Waals surface area contributed by atoms with E-state index in [0.29, 0.717) is 18.6 Å². The Labute approximate surface area is 178 Å². The van der Waals surface area contributed by atoms with Gasteiger partial charge in [-0.25, -0.2) is 18.4 Å². The molecule has 2 fully saturated rings. The van der Waals surface area contributed by atoms with Crippen LogP contribution in [-0.4, -0.2) is 50.0 Å². The molecule has 1 aliphatic carbocycles. The van der Waals surface area contributed by atoms with Crippen molar-refractivity contribution < 1.29 is 27.1 Å². The molecule has 2 aromatic heterocycles. The molecule has 0 amide bonds. The molecule has 7 nitrogen and oxygen atoms in total. The van der Waals surface area contributed by atoms with Gasteiger partial charge in [-0.1, -0.05) is 0 Å². The fraction of sp³-hybridized carbons (Fsp3) is 0.450. The van der Waals surface area contributed by atoms with E-state index in [1.807, 2.05) is 4.90 Å². The normalized spacial score (nSPS) is 18.4. The minimum atomic E-state index is -5.13. The largest absolute Gasteiger partial charge is 0.503 e. The van der Waals surface area contributed by atoms with Crippen LogP contribution < -0.4 is 10.2 Å². The van der Waals surface area contributed by atoms with Crippen LogP contribution in [0, 0.1) is 11.6 Å². The van der Waals surface area contributed by atoms with Gasteiger partial charge in [0.25, 0.3) is 0 Å². The second-order valence-corrected chi connectivity index (χ2v) is 8.31. The van der Waals surface area contributed by atoms with E-state index in [2.05, 4.69) is 20.4 Å². The Hall–Kier alpha value is -3.02. The number of rotatable bonds is 2. The molecule has 2 aliphatic rings. The molecule has 170 valence electrons. The van der Waals surface area contributed by atoms with Gasteiger partial charge in [0.2, 0.25) is 5.95 Å². The zero-order valence-corrected chi connectivity index (χ0v) is 17.0. The minimum Gasteiger partial charge on any atom is -0.503 e. The van der Waals surface area contributed by atoms with Crippen LogP contribution in [0.2, 0.25) is 0 Å². The number of hydrogen-bond acceptors (Lipinski definition) is 6. The lowest BCUT2D eigenvalue weighted by molar-refractivity contribution is -0.140. The molecule has 0 unspecified atom stereocenters. The Morgan fingerprint density at radius 1 is 1.19 bits per heavy atom. The Morgan fingerprint density at radius 2 is 1.94 bits per heavy atom. The SMILES string of the molecule is Cn1nc(-c2cc(C(F)(F)F)c(F)c(O)c2F)c2cnc(N3CCNC4(CCC4)C3)nc21. The number of hydrogen-bond donors (Lipinski definition) is 2. The molecule has 5 rings (SSSR count). The van der Waals surface area contributed by atoms with Crippen molar-refractivity contribution in [3.63, 3.8) is 0 Å². The summed E-state index contributed by atoms with van der Waals surface area (Å²) in [5, 5.41) is 17.5. The van der Waals surface area contributed by atoms with Crippen molar-refractivity contribution in [1.82, 2.24) is 25.1 Å². The van der Waals surface area contributed by atoms with Gasteiger partial charge in [-0.3, -0.25) is 0 Å². The van der Waals surface area contributed by atoms with E-state index < -0.39 is 34.7 Å². The fourth-order valence-corrected chi connectivity index (χ4v) is 4.45. The molecule has 1 aromatic carbocycles. The van der Waals surface area contributed by atoms with Crippen LogP contribution in [0.5, 0.6) is 5.75 Å². The summed E-state index contributed by atoms with van der Waals surface area (Å²) in [6.45, 7) is 2.20. The number of aromatic hydroxyl groups is 1. The first kappa shape index (κ1) is 20.9. The van der Waals surface area contributed by atoms with Crippen molar-refractivity contribution in [2.45, 2.75) is 31.0 Å². The number of aromatic nitrogens is 4. The lowest BCUT2D eigenvalue weighted by Gasteiger charge is -2.49. The Morgan fingerprint density at radius 3 is 2.59 bits per heavy atom. The molecule has 3 aromatic rings. The average molecular weight is 454 g/mol. The number of alkyl halides is 3. The maximum absolute atomic E-state index is 14.6. The van der Waals surface area contributed by atoms with Gasteiger partial charge in [0.1, 0.15) is 5.69 Å². The number of piperazine rings is 1. The van der Waals surface area contributed by atoms with E-state index in [-0.39, 0.29) is 22.3 Å². The Bertz CT molecular complexity index is 1220. The molecular weight excluding hydrogens is 435 g/mol. The van der Waals surface area contributed by atoms with Crippen molar-refractivity contribution in [1.29, 1.82) is 0 Å². The third-order valence-corrected chi connectivity index (χ3v) is 6.27. The van der Waals surface area contributed by atoms with Gasteiger partial charge in [-0.2, -0.15) is 23.3 Å². The average Bonchev–Trinajstić information content (AvgIpc) is 3.06. The Balaban J connectivity index is 1.59. The number of aryl methyl sites for hydroxylation is 1. The van der Waals surface area contributed by atoms with E-state index in [1.54, 1.807) is 0 Å². The number of nitrogens with one attached hydrogen (secondary N) is 1. The lowest BCUT2D eigenvalue weighted by Crippen LogP contribution is -2.64. The summed E-state index contributed by atoms with van der Waals surface area (Å²) >= 11 is 0. The topological polar surface area (TPSA) is 79.1 Å². The van der Waals surface area contributed by atoms with Crippen molar-refractivity contribution in [3.8, 4) is 17.0 Å². The predicted molar refractivity (Wildman–Crippen MR) is 105 cm³/mol. The maximum atomic E-state index is 14.6. The summed E-state index contributed by atoms with van der Waals surface area (Å²) in [7, 11) is 1.51. The van der Waals surface area contributed by atoms with E-state index in [1.165, 1.54) is 17.9 Å². The lowest BCUT2D eigenvalue weighted by atomic mass is 9.75. The number of nitrogens with zero attached hydrogens (tertiary/aromatic N) is 5. The first-order valence-electron chi connectivity index (χ1n) is 10.1. The highest BCUT2D eigenvalue weighted by Crippen LogP contribution is 2.41. The number of anilines is 1. The van der Waals surface area contributed by atoms with Crippen LogP contribution in [0.4, 0.5) is 27.9 Å². The highest BCUT2D eigenvalue weighted by atomic mass is 19.4. The van der Waals surface area contributed by atoms with Gasteiger partial charge in [0, 0.05) is 44.0 Å². The fourth-order valence-electron chi connectivity index (χ4n) is 4.45. The number of benzene rings is 1. The first-order chi connectivity index (χ1) is 15.1. The molecule has 0 radical (unpaired) electrons. The van der Waals surface area contributed by atoms with Gasteiger partial charge in [0.15, 0.2) is 23.0 Å². The van der Waals surface area contributed by atoms with Crippen molar-refractivity contribution in [3.05, 3.63) is 29.5 Å². The zero-order valence-electron chi connectivity index (χ0n) is 17.0. The molecule has 1 saturated carbocycles. The monoisotopic (exact) mass is 454 g/mol. The molecule has 3 heterocycles. The van der Waals surface area contributed by atoms with Gasteiger partial charge in [-0.05, 0) is 25.3 Å². The summed E-state index contributed by atoms with van der Waals surface area (Å²) in [5.41, 5.74) is -2.36. The summed E-state index contributed by atoms with van der Waals surface area (Å²) in [6, 6.07) is 0.302. The second kappa shape index (κ2) is 6.99. The quantitative estimate of drug-likeness (QED) is 0.579. The standard InChI is InChI=1S/C20H19F5N6O/c1-30-17-11(8-26-18(28-17)31-6-5-27-19(9-31)3-2-4-19)15(29-30)10-7-12(20(23,24)25)14(22)16(32)13(10)21/h7-8,27,32H,2-6,9H2,1H3. The first-order valence-corrected chi connectivity index (χ1v) is 10.1. The zero-order chi connectivity index (χ0) is 22.8. The van der Waals surface area contributed by atoms with Gasteiger partial charge >= 0.3 is 6.18 Å². The van der Waals surface area contributed by atoms with Gasteiger partial charge in [-0.15, -0.1) is 0 Å². The molecule has 32 heavy (non-hydrogen) atoms. The number of fused-ring (bicyclic) bond motifs is 1. The summed E-state index contributed by atoms with van der Waals surface area (Å²) in [4.78, 5) is 10.9. The third-order valence-electron chi connectivity index (χ3n) is 6.27. The van der Waals surface area contributed by atoms with Crippen LogP contribution in [-0.2, 0) is 13.2 Å². The molecule has 0 bridgehead atoms. The molecular formula is C20H19F5N6O. The number of phenols is 1. The van der Waals surface area contributed by atoms with E-state index in [9.17, 15) is 27.1 Å². The smallest absolute Gasteiger partial charge is 0.419 e. The molecule has 1 aliphatic heterocycles. The molecule has 0 atom stereocenters. The van der Waals surface area contributed by atoms with E-state index in [0.717, 1.165) is 32.4 Å². The highest BCUT2D eigenvalue weighted by Gasteiger charge is 2.41. The molecule has 1 spiro atoms. The minimum absolute atomic E-state index is 0.0525. The maximum Gasteiger partial charge on any atom is 0.419 e. The third kappa shape index (κ3) is 3.15. The van der Waals surface area contributed by atoms with Crippen molar-refractivity contribution in [2.75, 3.05) is 24.5 Å². The summed E-state index contributed by atoms with van der Waals surface area (Å²) in [5.74, 6) is -4.87. The Kier molecular flexibility index (Phi) is 4.56. The number of phenolic OH excluding ortho intramolecular Hbond substituents is 1. The summed E-state index contributed by atoms with van der Waals surface area (Å²) in [6.07, 6.45) is -0.477. The van der Waals surface area contributed by atoms with Crippen LogP contribution in [0.1, 0.15) is 24.8 Å². The summed E-state index contributed by atoms with van der Waals surface area (Å²) < 4.78 is 69.3. The van der Waals surface area contributed by atoms with Crippen LogP contribution in [0.25, 0.3) is 22.3 Å². The predicted octanol–water partition coefficient (Wildman–Crippen LogP) is 3.37. The van der Waals surface area contributed by atoms with Crippen molar-refractivity contribution in [2.24, 2.45) is 7.05 Å². The van der Waals surface area contributed by atoms with Gasteiger partial charge < -0.3 is 15.3 Å². The van der Waals surface area contributed by atoms with Crippen LogP contribution in [0.15, 0.2) is 12.3 Å². The van der Waals surface area contributed by atoms with Gasteiger partial charge in [0.05, 0.1) is 10.9 Å². The molecule has 12 heteroatoms. The van der Waals surface area contributed by atoms with E-state index in [4.69, 9.17) is 0 Å². The molecule has 2 N–H and O–H groups in total. The second-order valence-electron chi connectivity index (χ2n) is 8.31. The highest BCUT2D eigenvalue weighted by molar-refractivity contribution is 5.91. The van der Waals surface area contributed by atoms with Crippen LogP contribution in [0.3, 0.4) is 0 Å². The van der Waals surface area contributed by atoms with Crippen LogP contribution >= 0.6 is 0 Å². The number of halogens is 5. The van der Waals surface area contributed by atoms with Crippen molar-refractivity contribution >= 4 is 17.0 Å².